The normalized spacial score (nSPS) is 11.4. The Hall–Kier alpha value is -1.90. The van der Waals surface area contributed by atoms with Gasteiger partial charge >= 0.3 is 12.0 Å². The predicted molar refractivity (Wildman–Crippen MR) is 57.0 cm³/mol. The molecule has 0 rings (SSSR count). The highest BCUT2D eigenvalue weighted by Gasteiger charge is 2.25. The maximum atomic E-state index is 11.3. The summed E-state index contributed by atoms with van der Waals surface area (Å²) in [4.78, 5) is 42.7. The Labute approximate surface area is 101 Å². The number of rotatable bonds is 7. The number of hydrogen-bond acceptors (Lipinski definition) is 5. The van der Waals surface area contributed by atoms with E-state index in [9.17, 15) is 19.3 Å². The second kappa shape index (κ2) is 7.39. The van der Waals surface area contributed by atoms with Gasteiger partial charge in [0.1, 0.15) is 6.04 Å². The summed E-state index contributed by atoms with van der Waals surface area (Å²) in [6, 6.07) is -2.58. The second-order valence-corrected chi connectivity index (χ2v) is 3.28. The van der Waals surface area contributed by atoms with Crippen molar-refractivity contribution in [3.05, 3.63) is 4.91 Å². The van der Waals surface area contributed by atoms with Gasteiger partial charge in [-0.25, -0.2) is 9.59 Å². The van der Waals surface area contributed by atoms with Crippen molar-refractivity contribution in [3.63, 3.8) is 0 Å². The van der Waals surface area contributed by atoms with E-state index in [2.05, 4.69) is 5.29 Å². The number of nitrogens with one attached hydrogen (secondary N) is 1. The van der Waals surface area contributed by atoms with Gasteiger partial charge in [-0.15, -0.1) is 16.5 Å². The van der Waals surface area contributed by atoms with E-state index >= 15 is 0 Å². The number of halogens is 1. The fourth-order valence-electron chi connectivity index (χ4n) is 0.884. The molecule has 0 aliphatic rings. The molecule has 0 fully saturated rings. The van der Waals surface area contributed by atoms with Gasteiger partial charge in [0.05, 0.1) is 18.3 Å². The number of aliphatic carboxylic acids is 1. The first-order valence-electron chi connectivity index (χ1n) is 4.40. The molecule has 0 aromatic rings. The molecule has 1 atom stereocenters. The molecular weight excluding hydrogens is 256 g/mol. The second-order valence-electron chi connectivity index (χ2n) is 2.90. The molecule has 17 heavy (non-hydrogen) atoms. The third kappa shape index (κ3) is 5.66. The summed E-state index contributed by atoms with van der Waals surface area (Å²) < 4.78 is 0. The molecule has 0 aromatic carbocycles. The number of primary amides is 1. The SMILES string of the molecule is NC(=O)CC(NC(=O)N(CCCl)N=O)C(=O)O. The zero-order valence-corrected chi connectivity index (χ0v) is 9.38. The minimum atomic E-state index is -1.51. The van der Waals surface area contributed by atoms with Crippen LogP contribution in [0.15, 0.2) is 5.29 Å². The van der Waals surface area contributed by atoms with Crippen molar-refractivity contribution in [3.8, 4) is 0 Å². The summed E-state index contributed by atoms with van der Waals surface area (Å²) in [7, 11) is 0. The van der Waals surface area contributed by atoms with Crippen LogP contribution in [0.25, 0.3) is 0 Å². The van der Waals surface area contributed by atoms with Crippen LogP contribution in [0.2, 0.25) is 0 Å². The Morgan fingerprint density at radius 3 is 2.41 bits per heavy atom. The molecule has 96 valence electrons. The van der Waals surface area contributed by atoms with E-state index in [4.69, 9.17) is 22.4 Å². The van der Waals surface area contributed by atoms with E-state index in [1.54, 1.807) is 0 Å². The van der Waals surface area contributed by atoms with E-state index < -0.39 is 30.4 Å². The summed E-state index contributed by atoms with van der Waals surface area (Å²) in [5.74, 6) is -2.40. The lowest BCUT2D eigenvalue weighted by Gasteiger charge is -2.17. The molecule has 0 aliphatic heterocycles. The van der Waals surface area contributed by atoms with Crippen LogP contribution in [0, 0.1) is 4.91 Å². The van der Waals surface area contributed by atoms with Gasteiger partial charge in [-0.2, -0.15) is 5.01 Å². The first kappa shape index (κ1) is 15.1. The number of carbonyl (C=O) groups is 3. The topological polar surface area (TPSA) is 142 Å². The molecule has 0 bridgehead atoms. The molecule has 0 heterocycles. The van der Waals surface area contributed by atoms with Crippen molar-refractivity contribution in [1.29, 1.82) is 0 Å². The smallest absolute Gasteiger partial charge is 0.341 e. The maximum Gasteiger partial charge on any atom is 0.341 e. The number of alkyl halides is 1. The van der Waals surface area contributed by atoms with E-state index in [0.717, 1.165) is 0 Å². The van der Waals surface area contributed by atoms with Gasteiger partial charge in [0.15, 0.2) is 0 Å². The lowest BCUT2D eigenvalue weighted by molar-refractivity contribution is -0.140. The number of nitrogens with zero attached hydrogens (tertiary/aromatic N) is 2. The van der Waals surface area contributed by atoms with Gasteiger partial charge in [0.25, 0.3) is 0 Å². The first-order chi connectivity index (χ1) is 7.92. The molecule has 0 saturated carbocycles. The molecule has 1 unspecified atom stereocenters. The van der Waals surface area contributed by atoms with E-state index in [-0.39, 0.29) is 12.4 Å². The minimum Gasteiger partial charge on any atom is -0.480 e. The fourth-order valence-corrected chi connectivity index (χ4v) is 1.04. The Balaban J connectivity index is 4.53. The molecule has 0 saturated heterocycles. The largest absolute Gasteiger partial charge is 0.480 e. The third-order valence-electron chi connectivity index (χ3n) is 1.63. The predicted octanol–water partition coefficient (Wildman–Crippen LogP) is -0.753. The average molecular weight is 267 g/mol. The van der Waals surface area contributed by atoms with Crippen LogP contribution in [0.5, 0.6) is 0 Å². The summed E-state index contributed by atoms with van der Waals surface area (Å²) in [6.45, 7) is -0.181. The highest BCUT2D eigenvalue weighted by Crippen LogP contribution is 1.97. The first-order valence-corrected chi connectivity index (χ1v) is 4.94. The summed E-state index contributed by atoms with van der Waals surface area (Å²) >= 11 is 5.29. The number of amides is 3. The lowest BCUT2D eigenvalue weighted by atomic mass is 10.2. The number of nitrogens with two attached hydrogens (primary N) is 1. The number of nitroso groups, excluding NO2 is 1. The van der Waals surface area contributed by atoms with Crippen LogP contribution in [0.1, 0.15) is 6.42 Å². The van der Waals surface area contributed by atoms with E-state index in [1.807, 2.05) is 5.32 Å². The third-order valence-corrected chi connectivity index (χ3v) is 1.80. The standard InChI is InChI=1S/C7H11ClN4O5/c8-1-2-12(11-17)7(16)10-4(6(14)15)3-5(9)13/h4H,1-3H2,(H2,9,13)(H,10,16)(H,14,15). The zero-order chi connectivity index (χ0) is 13.4. The van der Waals surface area contributed by atoms with E-state index in [1.165, 1.54) is 0 Å². The lowest BCUT2D eigenvalue weighted by Crippen LogP contribution is -2.48. The van der Waals surface area contributed by atoms with E-state index in [0.29, 0.717) is 5.01 Å². The number of carboxylic acid groups (broad SMARTS) is 1. The number of carbonyl (C=O) groups excluding carboxylic acids is 2. The molecule has 0 aromatic heterocycles. The Kier molecular flexibility index (Phi) is 6.56. The van der Waals surface area contributed by atoms with Crippen molar-refractivity contribution < 1.29 is 19.5 Å². The number of hydrogen-bond donors (Lipinski definition) is 3. The van der Waals surface area contributed by atoms with Crippen molar-refractivity contribution in [2.45, 2.75) is 12.5 Å². The van der Waals surface area contributed by atoms with Crippen LogP contribution in [0.3, 0.4) is 0 Å². The Morgan fingerprint density at radius 1 is 1.47 bits per heavy atom. The van der Waals surface area contributed by atoms with Crippen molar-refractivity contribution in [2.24, 2.45) is 11.0 Å². The Bertz CT molecular complexity index is 323. The van der Waals surface area contributed by atoms with Crippen molar-refractivity contribution in [2.75, 3.05) is 12.4 Å². The minimum absolute atomic E-state index is 0.0489. The zero-order valence-electron chi connectivity index (χ0n) is 8.63. The van der Waals surface area contributed by atoms with Crippen molar-refractivity contribution in [1.82, 2.24) is 10.3 Å². The van der Waals surface area contributed by atoms with Crippen molar-refractivity contribution >= 4 is 29.5 Å². The molecule has 10 heteroatoms. The van der Waals surface area contributed by atoms with Crippen LogP contribution in [0.4, 0.5) is 4.79 Å². The maximum absolute atomic E-state index is 11.3. The molecule has 9 nitrogen and oxygen atoms in total. The summed E-state index contributed by atoms with van der Waals surface area (Å²) in [5, 5.41) is 13.4. The van der Waals surface area contributed by atoms with Gasteiger partial charge in [-0.05, 0) is 0 Å². The number of urea groups is 1. The average Bonchev–Trinajstić information content (AvgIpc) is 2.23. The molecular formula is C7H11ClN4O5. The number of carboxylic acids is 1. The molecule has 4 N–H and O–H groups in total. The van der Waals surface area contributed by atoms with Crippen LogP contribution >= 0.6 is 11.6 Å². The highest BCUT2D eigenvalue weighted by molar-refractivity contribution is 6.18. The Morgan fingerprint density at radius 2 is 2.06 bits per heavy atom. The quantitative estimate of drug-likeness (QED) is 0.315. The van der Waals surface area contributed by atoms with Crippen LogP contribution in [-0.2, 0) is 9.59 Å². The molecule has 0 radical (unpaired) electrons. The monoisotopic (exact) mass is 266 g/mol. The van der Waals surface area contributed by atoms with Crippen LogP contribution in [-0.4, -0.2) is 46.5 Å². The molecule has 3 amide bonds. The highest BCUT2D eigenvalue weighted by atomic mass is 35.5. The van der Waals surface area contributed by atoms with Gasteiger partial charge in [0, 0.05) is 5.88 Å². The molecule has 0 aliphatic carbocycles. The van der Waals surface area contributed by atoms with Gasteiger partial charge in [0.2, 0.25) is 5.91 Å². The van der Waals surface area contributed by atoms with Crippen LogP contribution < -0.4 is 11.1 Å². The molecule has 0 spiro atoms. The van der Waals surface area contributed by atoms with Gasteiger partial charge in [-0.1, -0.05) is 0 Å². The van der Waals surface area contributed by atoms with Gasteiger partial charge in [-0.3, -0.25) is 4.79 Å². The summed E-state index contributed by atoms with van der Waals surface area (Å²) in [6.07, 6.45) is -0.589. The fraction of sp³-hybridized carbons (Fsp3) is 0.571. The summed E-state index contributed by atoms with van der Waals surface area (Å²) in [5.41, 5.74) is 4.80. The van der Waals surface area contributed by atoms with Gasteiger partial charge < -0.3 is 16.2 Å².